The third-order valence-electron chi connectivity index (χ3n) is 4.06. The van der Waals surface area contributed by atoms with Crippen molar-refractivity contribution in [2.24, 2.45) is 0 Å². The molecule has 2 N–H and O–H groups in total. The lowest BCUT2D eigenvalue weighted by atomic mass is 10.1. The predicted octanol–water partition coefficient (Wildman–Crippen LogP) is 3.34. The van der Waals surface area contributed by atoms with Crippen LogP contribution >= 0.6 is 0 Å². The van der Waals surface area contributed by atoms with Crippen LogP contribution in [0.3, 0.4) is 0 Å². The van der Waals surface area contributed by atoms with Gasteiger partial charge in [-0.15, -0.1) is 0 Å². The second kappa shape index (κ2) is 9.61. The summed E-state index contributed by atoms with van der Waals surface area (Å²) in [6.07, 6.45) is 8.39. The second-order valence-corrected chi connectivity index (χ2v) is 6.12. The van der Waals surface area contributed by atoms with Crippen molar-refractivity contribution in [2.75, 3.05) is 6.54 Å². The monoisotopic (exact) mass is 343 g/mol. The fourth-order valence-electron chi connectivity index (χ4n) is 2.70. The SMILES string of the molecule is Cc1cc(C(=O)NCCCCCCCC(=O)O)ccc1-n1cccn1. The Balaban J connectivity index is 1.71. The van der Waals surface area contributed by atoms with Gasteiger partial charge in [0, 0.05) is 30.9 Å². The number of hydrogen-bond acceptors (Lipinski definition) is 3. The Hall–Kier alpha value is -2.63. The van der Waals surface area contributed by atoms with Gasteiger partial charge >= 0.3 is 5.97 Å². The molecule has 0 aliphatic heterocycles. The number of aryl methyl sites for hydroxylation is 1. The Morgan fingerprint density at radius 2 is 1.92 bits per heavy atom. The van der Waals surface area contributed by atoms with Crippen molar-refractivity contribution in [2.45, 2.75) is 45.4 Å². The minimum absolute atomic E-state index is 0.0685. The average molecular weight is 343 g/mol. The van der Waals surface area contributed by atoms with E-state index >= 15 is 0 Å². The van der Waals surface area contributed by atoms with Gasteiger partial charge < -0.3 is 10.4 Å². The molecule has 1 amide bonds. The number of unbranched alkanes of at least 4 members (excludes halogenated alkanes) is 4. The molecule has 2 aromatic rings. The number of carboxylic acids is 1. The largest absolute Gasteiger partial charge is 0.481 e. The molecule has 0 radical (unpaired) electrons. The Labute approximate surface area is 147 Å². The molecule has 6 nitrogen and oxygen atoms in total. The van der Waals surface area contributed by atoms with Gasteiger partial charge in [-0.1, -0.05) is 19.3 Å². The molecule has 0 unspecified atom stereocenters. The van der Waals surface area contributed by atoms with E-state index in [1.165, 1.54) is 0 Å². The molecule has 0 aliphatic rings. The van der Waals surface area contributed by atoms with Crippen molar-refractivity contribution in [3.05, 3.63) is 47.8 Å². The van der Waals surface area contributed by atoms with E-state index in [1.807, 2.05) is 37.4 Å². The molecule has 0 saturated heterocycles. The summed E-state index contributed by atoms with van der Waals surface area (Å²) in [5, 5.41) is 15.7. The van der Waals surface area contributed by atoms with Gasteiger partial charge in [0.2, 0.25) is 0 Å². The number of nitrogens with zero attached hydrogens (tertiary/aromatic N) is 2. The third kappa shape index (κ3) is 6.06. The Morgan fingerprint density at radius 3 is 2.60 bits per heavy atom. The number of benzene rings is 1. The normalized spacial score (nSPS) is 10.6. The molecule has 25 heavy (non-hydrogen) atoms. The van der Waals surface area contributed by atoms with Gasteiger partial charge in [0.1, 0.15) is 0 Å². The van der Waals surface area contributed by atoms with Crippen LogP contribution in [0.1, 0.15) is 54.4 Å². The highest BCUT2D eigenvalue weighted by atomic mass is 16.4. The molecule has 0 bridgehead atoms. The van der Waals surface area contributed by atoms with Crippen LogP contribution < -0.4 is 5.32 Å². The molecule has 0 saturated carbocycles. The Kier molecular flexibility index (Phi) is 7.19. The van der Waals surface area contributed by atoms with E-state index in [1.54, 1.807) is 10.9 Å². The van der Waals surface area contributed by atoms with E-state index in [0.717, 1.165) is 43.4 Å². The summed E-state index contributed by atoms with van der Waals surface area (Å²) in [4.78, 5) is 22.6. The zero-order valence-electron chi connectivity index (χ0n) is 14.6. The maximum atomic E-state index is 12.2. The van der Waals surface area contributed by atoms with Crippen LogP contribution in [0.15, 0.2) is 36.7 Å². The third-order valence-corrected chi connectivity index (χ3v) is 4.06. The molecule has 1 heterocycles. The Morgan fingerprint density at radius 1 is 1.16 bits per heavy atom. The standard InChI is InChI=1S/C19H25N3O3/c1-15-14-16(9-10-17(15)22-13-7-12-21-22)19(25)20-11-6-4-2-3-5-8-18(23)24/h7,9-10,12-14H,2-6,8,11H2,1H3,(H,20,25)(H,23,24). The van der Waals surface area contributed by atoms with Gasteiger partial charge in [0.05, 0.1) is 5.69 Å². The topological polar surface area (TPSA) is 84.2 Å². The predicted molar refractivity (Wildman–Crippen MR) is 96.0 cm³/mol. The van der Waals surface area contributed by atoms with Crippen molar-refractivity contribution in [1.82, 2.24) is 15.1 Å². The molecular formula is C19H25N3O3. The number of aliphatic carboxylic acids is 1. The summed E-state index contributed by atoms with van der Waals surface area (Å²) < 4.78 is 1.78. The molecule has 0 aliphatic carbocycles. The molecule has 6 heteroatoms. The van der Waals surface area contributed by atoms with E-state index in [0.29, 0.717) is 12.1 Å². The van der Waals surface area contributed by atoms with Crippen LogP contribution in [-0.4, -0.2) is 33.3 Å². The average Bonchev–Trinajstić information content (AvgIpc) is 3.11. The molecule has 0 spiro atoms. The minimum Gasteiger partial charge on any atom is -0.481 e. The fraction of sp³-hybridized carbons (Fsp3) is 0.421. The second-order valence-electron chi connectivity index (χ2n) is 6.12. The summed E-state index contributed by atoms with van der Waals surface area (Å²) in [6, 6.07) is 7.45. The van der Waals surface area contributed by atoms with Crippen LogP contribution in [0.4, 0.5) is 0 Å². The number of nitrogens with one attached hydrogen (secondary N) is 1. The molecule has 134 valence electrons. The van der Waals surface area contributed by atoms with E-state index < -0.39 is 5.97 Å². The van der Waals surface area contributed by atoms with Crippen LogP contribution in [0.25, 0.3) is 5.69 Å². The first kappa shape index (κ1) is 18.7. The van der Waals surface area contributed by atoms with Gasteiger partial charge in [-0.05, 0) is 49.6 Å². The molecule has 2 rings (SSSR count). The first-order valence-electron chi connectivity index (χ1n) is 8.68. The van der Waals surface area contributed by atoms with Gasteiger partial charge in [-0.3, -0.25) is 9.59 Å². The van der Waals surface area contributed by atoms with E-state index in [2.05, 4.69) is 10.4 Å². The first-order chi connectivity index (χ1) is 12.1. The molecule has 1 aromatic heterocycles. The lowest BCUT2D eigenvalue weighted by molar-refractivity contribution is -0.137. The van der Waals surface area contributed by atoms with Crippen molar-refractivity contribution in [3.63, 3.8) is 0 Å². The number of rotatable bonds is 10. The summed E-state index contributed by atoms with van der Waals surface area (Å²) in [5.74, 6) is -0.804. The van der Waals surface area contributed by atoms with Gasteiger partial charge in [-0.25, -0.2) is 4.68 Å². The van der Waals surface area contributed by atoms with Crippen molar-refractivity contribution in [3.8, 4) is 5.69 Å². The lowest BCUT2D eigenvalue weighted by Gasteiger charge is -2.09. The van der Waals surface area contributed by atoms with Gasteiger partial charge in [-0.2, -0.15) is 5.10 Å². The van der Waals surface area contributed by atoms with E-state index in [4.69, 9.17) is 5.11 Å². The first-order valence-corrected chi connectivity index (χ1v) is 8.68. The number of hydrogen-bond donors (Lipinski definition) is 2. The van der Waals surface area contributed by atoms with Crippen molar-refractivity contribution < 1.29 is 14.7 Å². The summed E-state index contributed by atoms with van der Waals surface area (Å²) in [6.45, 7) is 2.60. The van der Waals surface area contributed by atoms with Crippen LogP contribution in [0.2, 0.25) is 0 Å². The highest BCUT2D eigenvalue weighted by Crippen LogP contribution is 2.15. The van der Waals surface area contributed by atoms with E-state index in [9.17, 15) is 9.59 Å². The number of carbonyl (C=O) groups is 2. The molecule has 0 fully saturated rings. The fourth-order valence-corrected chi connectivity index (χ4v) is 2.70. The van der Waals surface area contributed by atoms with Gasteiger partial charge in [0.15, 0.2) is 0 Å². The molecule has 0 atom stereocenters. The van der Waals surface area contributed by atoms with Crippen molar-refractivity contribution >= 4 is 11.9 Å². The highest BCUT2D eigenvalue weighted by molar-refractivity contribution is 5.94. The number of carbonyl (C=O) groups excluding carboxylic acids is 1. The zero-order chi connectivity index (χ0) is 18.1. The smallest absolute Gasteiger partial charge is 0.303 e. The summed E-state index contributed by atoms with van der Waals surface area (Å²) >= 11 is 0. The summed E-state index contributed by atoms with van der Waals surface area (Å²) in [7, 11) is 0. The number of carboxylic acid groups (broad SMARTS) is 1. The highest BCUT2D eigenvalue weighted by Gasteiger charge is 2.08. The van der Waals surface area contributed by atoms with Gasteiger partial charge in [0.25, 0.3) is 5.91 Å². The number of amides is 1. The van der Waals surface area contributed by atoms with Crippen LogP contribution in [0.5, 0.6) is 0 Å². The summed E-state index contributed by atoms with van der Waals surface area (Å²) in [5.41, 5.74) is 2.60. The lowest BCUT2D eigenvalue weighted by Crippen LogP contribution is -2.24. The minimum atomic E-state index is -0.735. The molecular weight excluding hydrogens is 318 g/mol. The maximum absolute atomic E-state index is 12.2. The van der Waals surface area contributed by atoms with Crippen LogP contribution in [-0.2, 0) is 4.79 Å². The Bertz CT molecular complexity index is 696. The molecule has 1 aromatic carbocycles. The number of aromatic nitrogens is 2. The van der Waals surface area contributed by atoms with Crippen LogP contribution in [0, 0.1) is 6.92 Å². The quantitative estimate of drug-likeness (QED) is 0.648. The zero-order valence-corrected chi connectivity index (χ0v) is 14.6. The maximum Gasteiger partial charge on any atom is 0.303 e. The van der Waals surface area contributed by atoms with Crippen molar-refractivity contribution in [1.29, 1.82) is 0 Å². The van der Waals surface area contributed by atoms with E-state index in [-0.39, 0.29) is 12.3 Å².